The summed E-state index contributed by atoms with van der Waals surface area (Å²) in [6.07, 6.45) is 0. The van der Waals surface area contributed by atoms with Gasteiger partial charge < -0.3 is 9.84 Å². The normalized spacial score (nSPS) is 10.3. The maximum Gasteiger partial charge on any atom is 0.338 e. The lowest BCUT2D eigenvalue weighted by Crippen LogP contribution is -2.42. The zero-order valence-corrected chi connectivity index (χ0v) is 17.5. The molecule has 1 heterocycles. The summed E-state index contributed by atoms with van der Waals surface area (Å²) in [5, 5.41) is 18.4. The van der Waals surface area contributed by atoms with E-state index in [-0.39, 0.29) is 10.6 Å². The Morgan fingerprint density at radius 3 is 2.41 bits per heavy atom. The van der Waals surface area contributed by atoms with E-state index >= 15 is 0 Å². The van der Waals surface area contributed by atoms with Crippen molar-refractivity contribution in [1.29, 1.82) is 5.26 Å². The number of hydrogen-bond acceptors (Lipinski definition) is 5. The van der Waals surface area contributed by atoms with Crippen molar-refractivity contribution in [2.45, 2.75) is 6.92 Å². The number of nitrogens with one attached hydrogen (secondary N) is 2. The molecule has 0 saturated carbocycles. The van der Waals surface area contributed by atoms with Crippen LogP contribution in [0.4, 0.5) is 16.2 Å². The van der Waals surface area contributed by atoms with Gasteiger partial charge in [0.05, 0.1) is 26.3 Å². The number of hydrazine groups is 1. The largest absolute Gasteiger partial charge is 0.359 e. The van der Waals surface area contributed by atoms with Crippen LogP contribution in [0.25, 0.3) is 11.3 Å². The molecule has 0 unspecified atom stereocenters. The number of hydrogen-bond donors (Lipinski definition) is 2. The molecule has 0 aliphatic heterocycles. The number of halogens is 3. The first-order valence-corrected chi connectivity index (χ1v) is 9.37. The highest BCUT2D eigenvalue weighted by Crippen LogP contribution is 2.39. The number of carbonyl (C=O) groups excluding carboxylic acids is 1. The maximum atomic E-state index is 12.6. The third kappa shape index (κ3) is 4.25. The van der Waals surface area contributed by atoms with Crippen LogP contribution < -0.4 is 15.8 Å². The van der Waals surface area contributed by atoms with Gasteiger partial charge in [-0.2, -0.15) is 5.26 Å². The van der Waals surface area contributed by atoms with Gasteiger partial charge in [-0.15, -0.1) is 0 Å². The summed E-state index contributed by atoms with van der Waals surface area (Å²) in [6.45, 7) is 1.64. The average Bonchev–Trinajstić information content (AvgIpc) is 3.01. The SMILES string of the molecule is Cc1onc(-c2c(Cl)cccc2Cl)c1NC(=O)NN(C)c1cccc(Cl)c1C#N. The topological polar surface area (TPSA) is 94.2 Å². The Bertz CT molecular complexity index is 1100. The molecule has 3 rings (SSSR count). The molecule has 2 amide bonds. The molecular weight excluding hydrogens is 437 g/mol. The Balaban J connectivity index is 1.85. The van der Waals surface area contributed by atoms with Crippen molar-refractivity contribution in [2.24, 2.45) is 0 Å². The van der Waals surface area contributed by atoms with Crippen LogP contribution in [0.2, 0.25) is 15.1 Å². The molecule has 0 saturated heterocycles. The lowest BCUT2D eigenvalue weighted by molar-refractivity contribution is 0.251. The van der Waals surface area contributed by atoms with E-state index in [1.807, 2.05) is 6.07 Å². The standard InChI is InChI=1S/C19H14Cl3N5O2/c1-10-17(18(26-29-10)16-13(21)6-3-7-14(16)22)24-19(28)25-27(2)15-8-4-5-12(20)11(15)9-23/h3-8H,1-2H3,(H2,24,25,28). The molecule has 2 N–H and O–H groups in total. The third-order valence-electron chi connectivity index (χ3n) is 4.03. The zero-order valence-electron chi connectivity index (χ0n) is 15.3. The van der Waals surface area contributed by atoms with Gasteiger partial charge in [0.1, 0.15) is 17.5 Å². The van der Waals surface area contributed by atoms with Crippen LogP contribution in [0.1, 0.15) is 11.3 Å². The second-order valence-electron chi connectivity index (χ2n) is 5.93. The Labute approximate surface area is 181 Å². The first kappa shape index (κ1) is 20.8. The molecule has 0 aliphatic carbocycles. The van der Waals surface area contributed by atoms with Gasteiger partial charge in [0.15, 0.2) is 5.76 Å². The van der Waals surface area contributed by atoms with Crippen molar-refractivity contribution in [2.75, 3.05) is 17.4 Å². The Hall–Kier alpha value is -2.92. The fraction of sp³-hybridized carbons (Fsp3) is 0.105. The molecule has 0 radical (unpaired) electrons. The molecule has 0 bridgehead atoms. The van der Waals surface area contributed by atoms with Crippen LogP contribution >= 0.6 is 34.8 Å². The van der Waals surface area contributed by atoms with E-state index < -0.39 is 6.03 Å². The van der Waals surface area contributed by atoms with Crippen LogP contribution in [0.15, 0.2) is 40.9 Å². The number of nitriles is 1. The highest BCUT2D eigenvalue weighted by atomic mass is 35.5. The quantitative estimate of drug-likeness (QED) is 0.501. The summed E-state index contributed by atoms with van der Waals surface area (Å²) in [6, 6.07) is 11.4. The van der Waals surface area contributed by atoms with E-state index in [1.54, 1.807) is 50.4 Å². The van der Waals surface area contributed by atoms with E-state index in [0.29, 0.717) is 38.4 Å². The Morgan fingerprint density at radius 2 is 1.76 bits per heavy atom. The average molecular weight is 451 g/mol. The number of aryl methyl sites for hydroxylation is 1. The first-order chi connectivity index (χ1) is 13.8. The number of benzene rings is 2. The minimum Gasteiger partial charge on any atom is -0.359 e. The first-order valence-electron chi connectivity index (χ1n) is 8.24. The third-order valence-corrected chi connectivity index (χ3v) is 4.98. The molecule has 2 aromatic carbocycles. The highest BCUT2D eigenvalue weighted by molar-refractivity contribution is 6.39. The predicted octanol–water partition coefficient (Wildman–Crippen LogP) is 5.65. The van der Waals surface area contributed by atoms with Crippen LogP contribution in [0, 0.1) is 18.3 Å². The van der Waals surface area contributed by atoms with E-state index in [1.165, 1.54) is 5.01 Å². The Morgan fingerprint density at radius 1 is 1.14 bits per heavy atom. The van der Waals surface area contributed by atoms with Gasteiger partial charge in [-0.1, -0.05) is 52.1 Å². The Kier molecular flexibility index (Phi) is 6.18. The monoisotopic (exact) mass is 449 g/mol. The summed E-state index contributed by atoms with van der Waals surface area (Å²) in [5.41, 5.74) is 4.35. The highest BCUT2D eigenvalue weighted by Gasteiger charge is 2.22. The van der Waals surface area contributed by atoms with Gasteiger partial charge in [0, 0.05) is 12.6 Å². The number of carbonyl (C=O) groups is 1. The number of urea groups is 1. The number of nitrogens with zero attached hydrogens (tertiary/aromatic N) is 3. The van der Waals surface area contributed by atoms with Gasteiger partial charge in [-0.3, -0.25) is 5.01 Å². The second-order valence-corrected chi connectivity index (χ2v) is 7.15. The minimum absolute atomic E-state index is 0.238. The molecule has 10 heteroatoms. The molecule has 0 aliphatic rings. The minimum atomic E-state index is -0.591. The second kappa shape index (κ2) is 8.62. The lowest BCUT2D eigenvalue weighted by Gasteiger charge is -2.22. The van der Waals surface area contributed by atoms with Crippen molar-refractivity contribution in [3.05, 3.63) is 62.8 Å². The number of amides is 2. The van der Waals surface area contributed by atoms with Crippen LogP contribution in [-0.4, -0.2) is 18.2 Å². The van der Waals surface area contributed by atoms with Crippen molar-refractivity contribution >= 4 is 52.2 Å². The van der Waals surface area contributed by atoms with Gasteiger partial charge in [-0.25, -0.2) is 10.2 Å². The lowest BCUT2D eigenvalue weighted by atomic mass is 10.1. The summed E-state index contributed by atoms with van der Waals surface area (Å²) in [5.74, 6) is 0.370. The molecule has 7 nitrogen and oxygen atoms in total. The summed E-state index contributed by atoms with van der Waals surface area (Å²) in [7, 11) is 1.58. The number of rotatable bonds is 4. The molecule has 148 valence electrons. The van der Waals surface area contributed by atoms with Crippen LogP contribution in [-0.2, 0) is 0 Å². The van der Waals surface area contributed by atoms with Crippen molar-refractivity contribution in [3.63, 3.8) is 0 Å². The summed E-state index contributed by atoms with van der Waals surface area (Å²) >= 11 is 18.5. The molecule has 0 atom stereocenters. The predicted molar refractivity (Wildman–Crippen MR) is 113 cm³/mol. The molecule has 29 heavy (non-hydrogen) atoms. The maximum absolute atomic E-state index is 12.6. The smallest absolute Gasteiger partial charge is 0.338 e. The molecule has 1 aromatic heterocycles. The van der Waals surface area contributed by atoms with Crippen LogP contribution in [0.3, 0.4) is 0 Å². The zero-order chi connectivity index (χ0) is 21.1. The van der Waals surface area contributed by atoms with E-state index in [4.69, 9.17) is 39.3 Å². The van der Waals surface area contributed by atoms with Gasteiger partial charge in [0.2, 0.25) is 0 Å². The van der Waals surface area contributed by atoms with Gasteiger partial charge in [-0.05, 0) is 31.2 Å². The van der Waals surface area contributed by atoms with E-state index in [0.717, 1.165) is 0 Å². The fourth-order valence-electron chi connectivity index (χ4n) is 2.67. The fourth-order valence-corrected chi connectivity index (χ4v) is 3.46. The summed E-state index contributed by atoms with van der Waals surface area (Å²) < 4.78 is 5.22. The van der Waals surface area contributed by atoms with Gasteiger partial charge >= 0.3 is 6.03 Å². The van der Waals surface area contributed by atoms with Crippen LogP contribution in [0.5, 0.6) is 0 Å². The number of aromatic nitrogens is 1. The van der Waals surface area contributed by atoms with Crippen molar-refractivity contribution < 1.29 is 9.32 Å². The summed E-state index contributed by atoms with van der Waals surface area (Å²) in [4.78, 5) is 12.6. The molecule has 0 fully saturated rings. The number of anilines is 2. The molecule has 0 spiro atoms. The van der Waals surface area contributed by atoms with Gasteiger partial charge in [0.25, 0.3) is 0 Å². The van der Waals surface area contributed by atoms with Crippen molar-refractivity contribution in [1.82, 2.24) is 10.6 Å². The van der Waals surface area contributed by atoms with Crippen molar-refractivity contribution in [3.8, 4) is 17.3 Å². The van der Waals surface area contributed by atoms with E-state index in [2.05, 4.69) is 15.9 Å². The molecule has 3 aromatic rings. The van der Waals surface area contributed by atoms with E-state index in [9.17, 15) is 10.1 Å². The molecular formula is C19H14Cl3N5O2.